The molecule has 2 aromatic rings. The van der Waals surface area contributed by atoms with Crippen LogP contribution in [-0.2, 0) is 18.3 Å². The molecule has 0 radical (unpaired) electrons. The Bertz CT molecular complexity index is 701. The smallest absolute Gasteiger partial charge is 0.194 e. The highest BCUT2D eigenvalue weighted by atomic mass is 16.5. The number of aryl methyl sites for hydroxylation is 1. The number of rotatable bonds is 9. The van der Waals surface area contributed by atoms with Gasteiger partial charge in [0.05, 0.1) is 31.6 Å². The number of nitrogens with one attached hydrogen (secondary N) is 1. The molecule has 1 aromatic carbocycles. The summed E-state index contributed by atoms with van der Waals surface area (Å²) in [4.78, 5) is 6.56. The second-order valence-electron chi connectivity index (χ2n) is 6.61. The number of ether oxygens (including phenoxy) is 1. The van der Waals surface area contributed by atoms with Crippen LogP contribution < -0.4 is 5.32 Å². The van der Waals surface area contributed by atoms with Gasteiger partial charge in [0.1, 0.15) is 0 Å². The number of aliphatic hydroxyl groups is 1. The fourth-order valence-electron chi connectivity index (χ4n) is 2.69. The highest BCUT2D eigenvalue weighted by molar-refractivity contribution is 5.79. The number of guanidine groups is 1. The molecule has 0 aliphatic heterocycles. The first kappa shape index (κ1) is 20.9. The molecule has 1 heterocycles. The lowest BCUT2D eigenvalue weighted by Crippen LogP contribution is -2.39. The Kier molecular flexibility index (Phi) is 8.29. The van der Waals surface area contributed by atoms with Crippen LogP contribution in [0.3, 0.4) is 0 Å². The molecule has 148 valence electrons. The van der Waals surface area contributed by atoms with Crippen LogP contribution in [0.1, 0.15) is 31.1 Å². The van der Waals surface area contributed by atoms with Crippen molar-refractivity contribution in [2.24, 2.45) is 12.0 Å². The minimum Gasteiger partial charge on any atom is -0.389 e. The number of aliphatic hydroxyl groups excluding tert-OH is 1. The van der Waals surface area contributed by atoms with Crippen molar-refractivity contribution in [3.8, 4) is 0 Å². The predicted octanol–water partition coefficient (Wildman–Crippen LogP) is 1.96. The molecule has 2 atom stereocenters. The first-order valence-electron chi connectivity index (χ1n) is 9.31. The van der Waals surface area contributed by atoms with E-state index >= 15 is 0 Å². The van der Waals surface area contributed by atoms with E-state index in [0.717, 1.165) is 23.6 Å². The number of aromatic nitrogens is 2. The van der Waals surface area contributed by atoms with E-state index in [1.807, 2.05) is 75.6 Å². The van der Waals surface area contributed by atoms with Crippen molar-refractivity contribution < 1.29 is 9.84 Å². The van der Waals surface area contributed by atoms with Crippen LogP contribution in [0, 0.1) is 0 Å². The minimum absolute atomic E-state index is 0.0636. The SMILES string of the molecule is CCNC(=NCC(O)COC(C)c1ccccc1)N(C)Cc1cnn(C)c1. The highest BCUT2D eigenvalue weighted by Crippen LogP contribution is 2.16. The summed E-state index contributed by atoms with van der Waals surface area (Å²) in [5.41, 5.74) is 2.20. The molecule has 0 saturated heterocycles. The highest BCUT2D eigenvalue weighted by Gasteiger charge is 2.12. The topological polar surface area (TPSA) is 74.9 Å². The molecule has 27 heavy (non-hydrogen) atoms. The summed E-state index contributed by atoms with van der Waals surface area (Å²) in [5, 5.41) is 17.7. The van der Waals surface area contributed by atoms with Gasteiger partial charge in [-0.25, -0.2) is 0 Å². The van der Waals surface area contributed by atoms with Crippen molar-refractivity contribution in [3.63, 3.8) is 0 Å². The quantitative estimate of drug-likeness (QED) is 0.519. The summed E-state index contributed by atoms with van der Waals surface area (Å²) >= 11 is 0. The Labute approximate surface area is 161 Å². The van der Waals surface area contributed by atoms with E-state index in [1.165, 1.54) is 0 Å². The van der Waals surface area contributed by atoms with Gasteiger partial charge in [0.2, 0.25) is 0 Å². The molecule has 0 aliphatic carbocycles. The lowest BCUT2D eigenvalue weighted by atomic mass is 10.1. The average Bonchev–Trinajstić information content (AvgIpc) is 3.08. The van der Waals surface area contributed by atoms with E-state index in [-0.39, 0.29) is 19.3 Å². The normalized spacial score (nSPS) is 14.0. The van der Waals surface area contributed by atoms with Gasteiger partial charge in [-0.2, -0.15) is 5.10 Å². The zero-order valence-electron chi connectivity index (χ0n) is 16.7. The minimum atomic E-state index is -0.656. The van der Waals surface area contributed by atoms with Crippen molar-refractivity contribution in [3.05, 3.63) is 53.9 Å². The molecule has 0 amide bonds. The van der Waals surface area contributed by atoms with Gasteiger partial charge in [-0.15, -0.1) is 0 Å². The van der Waals surface area contributed by atoms with Gasteiger partial charge in [0.25, 0.3) is 0 Å². The van der Waals surface area contributed by atoms with Crippen LogP contribution in [0.4, 0.5) is 0 Å². The lowest BCUT2D eigenvalue weighted by molar-refractivity contribution is 0.00106. The van der Waals surface area contributed by atoms with E-state index in [2.05, 4.69) is 15.4 Å². The van der Waals surface area contributed by atoms with Gasteiger partial charge in [0.15, 0.2) is 5.96 Å². The fourth-order valence-corrected chi connectivity index (χ4v) is 2.69. The molecule has 1 aromatic heterocycles. The van der Waals surface area contributed by atoms with Crippen LogP contribution in [0.25, 0.3) is 0 Å². The standard InChI is InChI=1S/C20H31N5O2/c1-5-21-20(24(3)13-17-11-23-25(4)14-17)22-12-19(26)15-27-16(2)18-9-7-6-8-10-18/h6-11,14,16,19,26H,5,12-13,15H2,1-4H3,(H,21,22). The number of nitrogens with zero attached hydrogens (tertiary/aromatic N) is 4. The first-order valence-corrected chi connectivity index (χ1v) is 9.31. The van der Waals surface area contributed by atoms with Crippen LogP contribution in [0.5, 0.6) is 0 Å². The second kappa shape index (κ2) is 10.7. The maximum Gasteiger partial charge on any atom is 0.194 e. The third-order valence-electron chi connectivity index (χ3n) is 4.13. The first-order chi connectivity index (χ1) is 13.0. The monoisotopic (exact) mass is 373 g/mol. The number of benzene rings is 1. The van der Waals surface area contributed by atoms with Gasteiger partial charge in [-0.05, 0) is 19.4 Å². The van der Waals surface area contributed by atoms with Crippen LogP contribution >= 0.6 is 0 Å². The molecule has 7 heteroatoms. The van der Waals surface area contributed by atoms with Crippen molar-refractivity contribution in [1.29, 1.82) is 0 Å². The van der Waals surface area contributed by atoms with Crippen molar-refractivity contribution in [1.82, 2.24) is 20.0 Å². The molecule has 0 spiro atoms. The molecule has 2 rings (SSSR count). The summed E-state index contributed by atoms with van der Waals surface area (Å²) in [6.45, 7) is 5.98. The van der Waals surface area contributed by atoms with Crippen LogP contribution in [-0.4, -0.2) is 58.6 Å². The molecule has 7 nitrogen and oxygen atoms in total. The predicted molar refractivity (Wildman–Crippen MR) is 107 cm³/mol. The molecule has 0 aliphatic rings. The Morgan fingerprint density at radius 1 is 1.37 bits per heavy atom. The fraction of sp³-hybridized carbons (Fsp3) is 0.500. The van der Waals surface area contributed by atoms with Crippen LogP contribution in [0.15, 0.2) is 47.7 Å². The molecular weight excluding hydrogens is 342 g/mol. The molecule has 0 bridgehead atoms. The van der Waals surface area contributed by atoms with Gasteiger partial charge in [0, 0.05) is 38.9 Å². The van der Waals surface area contributed by atoms with E-state index in [9.17, 15) is 5.11 Å². The zero-order valence-corrected chi connectivity index (χ0v) is 16.7. The molecule has 2 N–H and O–H groups in total. The summed E-state index contributed by atoms with van der Waals surface area (Å²) in [6, 6.07) is 9.98. The number of hydrogen-bond donors (Lipinski definition) is 2. The summed E-state index contributed by atoms with van der Waals surface area (Å²) in [7, 11) is 3.87. The van der Waals surface area contributed by atoms with Gasteiger partial charge >= 0.3 is 0 Å². The molecule has 2 unspecified atom stereocenters. The summed E-state index contributed by atoms with van der Waals surface area (Å²) in [6.07, 6.45) is 3.10. The lowest BCUT2D eigenvalue weighted by Gasteiger charge is -2.22. The van der Waals surface area contributed by atoms with Gasteiger partial charge < -0.3 is 20.1 Å². The van der Waals surface area contributed by atoms with Gasteiger partial charge in [-0.1, -0.05) is 30.3 Å². The van der Waals surface area contributed by atoms with Crippen LogP contribution in [0.2, 0.25) is 0 Å². The van der Waals surface area contributed by atoms with E-state index < -0.39 is 6.10 Å². The third kappa shape index (κ3) is 7.03. The van der Waals surface area contributed by atoms with Crippen molar-refractivity contribution in [2.45, 2.75) is 32.6 Å². The van der Waals surface area contributed by atoms with E-state index in [1.54, 1.807) is 4.68 Å². The maximum atomic E-state index is 10.2. The van der Waals surface area contributed by atoms with Crippen molar-refractivity contribution in [2.75, 3.05) is 26.7 Å². The van der Waals surface area contributed by atoms with E-state index in [0.29, 0.717) is 6.54 Å². The molecular formula is C20H31N5O2. The molecule has 0 fully saturated rings. The molecule has 0 saturated carbocycles. The maximum absolute atomic E-state index is 10.2. The van der Waals surface area contributed by atoms with Gasteiger partial charge in [-0.3, -0.25) is 9.67 Å². The Hall–Kier alpha value is -2.38. The number of aliphatic imine (C=N–C) groups is 1. The Balaban J connectivity index is 1.85. The number of hydrogen-bond acceptors (Lipinski definition) is 4. The summed E-state index contributed by atoms with van der Waals surface area (Å²) in [5.74, 6) is 0.747. The average molecular weight is 374 g/mol. The summed E-state index contributed by atoms with van der Waals surface area (Å²) < 4.78 is 7.56. The largest absolute Gasteiger partial charge is 0.389 e. The Morgan fingerprint density at radius 3 is 2.74 bits per heavy atom. The zero-order chi connectivity index (χ0) is 19.6. The third-order valence-corrected chi connectivity index (χ3v) is 4.13. The second-order valence-corrected chi connectivity index (χ2v) is 6.61. The van der Waals surface area contributed by atoms with E-state index in [4.69, 9.17) is 4.74 Å². The van der Waals surface area contributed by atoms with Crippen molar-refractivity contribution >= 4 is 5.96 Å². The Morgan fingerprint density at radius 2 is 2.11 bits per heavy atom.